The summed E-state index contributed by atoms with van der Waals surface area (Å²) in [5.74, 6) is 0.491. The zero-order valence-corrected chi connectivity index (χ0v) is 18.5. The van der Waals surface area contributed by atoms with E-state index in [9.17, 15) is 10.0 Å². The Kier molecular flexibility index (Phi) is 12.3. The van der Waals surface area contributed by atoms with E-state index in [1.54, 1.807) is 13.0 Å². The van der Waals surface area contributed by atoms with Crippen molar-refractivity contribution in [1.29, 1.82) is 0 Å². The van der Waals surface area contributed by atoms with E-state index in [0.29, 0.717) is 12.3 Å². The number of rotatable bonds is 13. The van der Waals surface area contributed by atoms with Crippen molar-refractivity contribution in [3.8, 4) is 0 Å². The van der Waals surface area contributed by atoms with Crippen LogP contribution in [0.15, 0.2) is 78.6 Å². The van der Waals surface area contributed by atoms with Crippen molar-refractivity contribution in [2.75, 3.05) is 0 Å². The summed E-state index contributed by atoms with van der Waals surface area (Å²) < 4.78 is 0. The molecule has 156 valence electrons. The van der Waals surface area contributed by atoms with Crippen LogP contribution in [0.2, 0.25) is 0 Å². The van der Waals surface area contributed by atoms with Crippen LogP contribution in [0, 0.1) is 21.7 Å². The number of nitroso groups, excluding NO2 is 1. The molecule has 0 rings (SSSR count). The fourth-order valence-corrected chi connectivity index (χ4v) is 2.95. The fraction of sp³-hybridized carbons (Fsp3) is 0.520. The second-order valence-corrected chi connectivity index (χ2v) is 8.31. The fourth-order valence-electron chi connectivity index (χ4n) is 2.95. The van der Waals surface area contributed by atoms with Gasteiger partial charge in [-0.15, -0.1) is 0 Å². The maximum Gasteiger partial charge on any atom is 0.110 e. The smallest absolute Gasteiger partial charge is 0.110 e. The molecule has 0 radical (unpaired) electrons. The molecule has 0 aliphatic carbocycles. The standard InChI is InChI=1S/C25H39NO2/c1-8-10-16-24(6,18-14-22(5)27)20-25(7,17-12-11-13-21(3)4)19-15-23(9-2)26-28/h8,10-19,21-23,27H,1,9,20H2,2-7H3/b13-11+,16-10-,17-12-,18-14-,19-15-. The van der Waals surface area contributed by atoms with Crippen molar-refractivity contribution in [3.05, 3.63) is 78.3 Å². The first kappa shape index (κ1) is 26.0. The molecule has 0 aromatic rings. The van der Waals surface area contributed by atoms with Crippen molar-refractivity contribution in [3.63, 3.8) is 0 Å². The second kappa shape index (κ2) is 13.2. The Hall–Kier alpha value is -2.00. The molecular weight excluding hydrogens is 346 g/mol. The SMILES string of the molecule is C=C/C=C\C(C)(/C=C\C(C)O)CC(C)(/C=C\C=C\C(C)C)/C=C\C(CC)N=O. The van der Waals surface area contributed by atoms with Gasteiger partial charge in [-0.25, -0.2) is 0 Å². The highest BCUT2D eigenvalue weighted by Crippen LogP contribution is 2.39. The first-order valence-corrected chi connectivity index (χ1v) is 10.1. The van der Waals surface area contributed by atoms with E-state index in [-0.39, 0.29) is 16.9 Å². The maximum atomic E-state index is 11.0. The largest absolute Gasteiger partial charge is 0.389 e. The predicted octanol–water partition coefficient (Wildman–Crippen LogP) is 6.94. The van der Waals surface area contributed by atoms with E-state index >= 15 is 0 Å². The Bertz CT molecular complexity index is 610. The topological polar surface area (TPSA) is 49.7 Å². The number of aliphatic hydroxyl groups excluding tert-OH is 1. The zero-order chi connectivity index (χ0) is 21.6. The average Bonchev–Trinajstić information content (AvgIpc) is 2.63. The Morgan fingerprint density at radius 2 is 1.50 bits per heavy atom. The van der Waals surface area contributed by atoms with Crippen molar-refractivity contribution in [2.45, 2.75) is 66.5 Å². The summed E-state index contributed by atoms with van der Waals surface area (Å²) in [4.78, 5) is 11.0. The third kappa shape index (κ3) is 11.7. The molecular formula is C25H39NO2. The maximum absolute atomic E-state index is 11.0. The minimum Gasteiger partial charge on any atom is -0.389 e. The molecule has 0 aromatic carbocycles. The lowest BCUT2D eigenvalue weighted by atomic mass is 9.71. The van der Waals surface area contributed by atoms with Crippen LogP contribution in [0.4, 0.5) is 0 Å². The molecule has 0 aromatic heterocycles. The highest BCUT2D eigenvalue weighted by atomic mass is 16.3. The highest BCUT2D eigenvalue weighted by Gasteiger charge is 2.29. The molecule has 3 heteroatoms. The van der Waals surface area contributed by atoms with Gasteiger partial charge in [0.05, 0.1) is 6.10 Å². The summed E-state index contributed by atoms with van der Waals surface area (Å²) in [6.45, 7) is 16.0. The van der Waals surface area contributed by atoms with Crippen molar-refractivity contribution >= 4 is 0 Å². The van der Waals surface area contributed by atoms with Crippen LogP contribution in [0.1, 0.15) is 54.4 Å². The highest BCUT2D eigenvalue weighted by molar-refractivity contribution is 5.22. The van der Waals surface area contributed by atoms with Gasteiger partial charge < -0.3 is 5.11 Å². The summed E-state index contributed by atoms with van der Waals surface area (Å²) in [6, 6.07) is -0.318. The van der Waals surface area contributed by atoms with Gasteiger partial charge in [-0.1, -0.05) is 113 Å². The van der Waals surface area contributed by atoms with Crippen molar-refractivity contribution < 1.29 is 5.11 Å². The predicted molar refractivity (Wildman–Crippen MR) is 123 cm³/mol. The van der Waals surface area contributed by atoms with Crippen LogP contribution in [0.3, 0.4) is 0 Å². The molecule has 4 unspecified atom stereocenters. The van der Waals surface area contributed by atoms with E-state index in [4.69, 9.17) is 0 Å². The van der Waals surface area contributed by atoms with Gasteiger partial charge >= 0.3 is 0 Å². The second-order valence-electron chi connectivity index (χ2n) is 8.31. The van der Waals surface area contributed by atoms with Crippen LogP contribution in [0.25, 0.3) is 0 Å². The first-order valence-electron chi connectivity index (χ1n) is 10.1. The van der Waals surface area contributed by atoms with Crippen LogP contribution in [0.5, 0.6) is 0 Å². The van der Waals surface area contributed by atoms with E-state index < -0.39 is 6.10 Å². The lowest BCUT2D eigenvalue weighted by Gasteiger charge is -2.33. The summed E-state index contributed by atoms with van der Waals surface area (Å²) in [6.07, 6.45) is 23.0. The molecule has 0 heterocycles. The Morgan fingerprint density at radius 3 is 1.96 bits per heavy atom. The number of nitrogens with zero attached hydrogens (tertiary/aromatic N) is 1. The van der Waals surface area contributed by atoms with Gasteiger partial charge in [0.15, 0.2) is 0 Å². The molecule has 0 saturated carbocycles. The Morgan fingerprint density at radius 1 is 0.929 bits per heavy atom. The van der Waals surface area contributed by atoms with Crippen LogP contribution < -0.4 is 0 Å². The number of allylic oxidation sites excluding steroid dienone is 9. The number of hydrogen-bond donors (Lipinski definition) is 1. The molecule has 4 atom stereocenters. The minimum atomic E-state index is -0.508. The Balaban J connectivity index is 5.92. The van der Waals surface area contributed by atoms with E-state index in [0.717, 1.165) is 6.42 Å². The van der Waals surface area contributed by atoms with Gasteiger partial charge in [0.1, 0.15) is 6.04 Å². The zero-order valence-electron chi connectivity index (χ0n) is 18.5. The average molecular weight is 386 g/mol. The monoisotopic (exact) mass is 385 g/mol. The van der Waals surface area contributed by atoms with Gasteiger partial charge in [0.2, 0.25) is 0 Å². The number of aliphatic hydroxyl groups is 1. The summed E-state index contributed by atoms with van der Waals surface area (Å²) in [5.41, 5.74) is -0.574. The lowest BCUT2D eigenvalue weighted by Crippen LogP contribution is -2.23. The molecule has 0 bridgehead atoms. The van der Waals surface area contributed by atoms with Gasteiger partial charge in [-0.2, -0.15) is 4.91 Å². The van der Waals surface area contributed by atoms with Crippen LogP contribution in [-0.4, -0.2) is 17.3 Å². The third-order valence-corrected chi connectivity index (χ3v) is 4.47. The molecule has 28 heavy (non-hydrogen) atoms. The first-order chi connectivity index (χ1) is 13.1. The molecule has 0 fully saturated rings. The van der Waals surface area contributed by atoms with Crippen LogP contribution in [-0.2, 0) is 0 Å². The molecule has 0 saturated heterocycles. The van der Waals surface area contributed by atoms with Crippen LogP contribution >= 0.6 is 0 Å². The van der Waals surface area contributed by atoms with Gasteiger partial charge in [-0.3, -0.25) is 0 Å². The van der Waals surface area contributed by atoms with Crippen molar-refractivity contribution in [2.24, 2.45) is 21.9 Å². The van der Waals surface area contributed by atoms with Gasteiger partial charge in [-0.05, 0) is 25.7 Å². The molecule has 0 aliphatic rings. The molecule has 0 amide bonds. The molecule has 0 aliphatic heterocycles. The summed E-state index contributed by atoms with van der Waals surface area (Å²) >= 11 is 0. The van der Waals surface area contributed by atoms with E-state index in [1.807, 2.05) is 31.2 Å². The van der Waals surface area contributed by atoms with E-state index in [2.05, 4.69) is 75.9 Å². The third-order valence-electron chi connectivity index (χ3n) is 4.47. The quantitative estimate of drug-likeness (QED) is 0.212. The van der Waals surface area contributed by atoms with Gasteiger partial charge in [0.25, 0.3) is 0 Å². The van der Waals surface area contributed by atoms with E-state index in [1.165, 1.54) is 0 Å². The lowest BCUT2D eigenvalue weighted by molar-refractivity contribution is 0.241. The minimum absolute atomic E-state index is 0.285. The normalized spacial score (nSPS) is 19.7. The summed E-state index contributed by atoms with van der Waals surface area (Å²) in [5, 5.41) is 12.9. The van der Waals surface area contributed by atoms with Gasteiger partial charge in [0, 0.05) is 10.8 Å². The molecule has 1 N–H and O–H groups in total. The van der Waals surface area contributed by atoms with Crippen molar-refractivity contribution in [1.82, 2.24) is 0 Å². The number of hydrogen-bond acceptors (Lipinski definition) is 3. The molecule has 0 spiro atoms. The Labute approximate surface area is 172 Å². The summed E-state index contributed by atoms with van der Waals surface area (Å²) in [7, 11) is 0. The molecule has 3 nitrogen and oxygen atoms in total.